The van der Waals surface area contributed by atoms with Gasteiger partial charge in [-0.15, -0.1) is 0 Å². The summed E-state index contributed by atoms with van der Waals surface area (Å²) in [6, 6.07) is 34.5. The van der Waals surface area contributed by atoms with Crippen LogP contribution < -0.4 is 4.90 Å². The Morgan fingerprint density at radius 3 is 1.38 bits per heavy atom. The fraction of sp³-hybridized carbons (Fsp3) is 0.125. The first-order valence-corrected chi connectivity index (χ1v) is 16.7. The lowest BCUT2D eigenvalue weighted by molar-refractivity contribution is -0.137. The van der Waals surface area contributed by atoms with Crippen molar-refractivity contribution in [2.45, 2.75) is 17.0 Å². The third-order valence-corrected chi connectivity index (χ3v) is 11.1. The van der Waals surface area contributed by atoms with E-state index in [-0.39, 0.29) is 5.69 Å². The van der Waals surface area contributed by atoms with Crippen LogP contribution in [0.2, 0.25) is 15.1 Å². The molecule has 3 aliphatic rings. The monoisotopic (exact) mass is 727 g/mol. The minimum atomic E-state index is -4.86. The molecule has 1 saturated heterocycles. The van der Waals surface area contributed by atoms with Crippen LogP contribution in [0.5, 0.6) is 0 Å². The number of halogens is 6. The highest BCUT2D eigenvalue weighted by Crippen LogP contribution is 2.74. The van der Waals surface area contributed by atoms with Crippen LogP contribution in [0, 0.1) is 11.8 Å². The molecular formula is C40H23Cl3F3NO3. The van der Waals surface area contributed by atoms with Crippen molar-refractivity contribution in [2.75, 3.05) is 4.90 Å². The van der Waals surface area contributed by atoms with Gasteiger partial charge < -0.3 is 0 Å². The second-order valence-electron chi connectivity index (χ2n) is 12.6. The van der Waals surface area contributed by atoms with Gasteiger partial charge in [-0.05, 0) is 75.9 Å². The lowest BCUT2D eigenvalue weighted by atomic mass is 9.59. The largest absolute Gasteiger partial charge is 0.417 e. The van der Waals surface area contributed by atoms with Crippen LogP contribution >= 0.6 is 34.8 Å². The zero-order chi connectivity index (χ0) is 35.2. The molecular weight excluding hydrogens is 706 g/mol. The fourth-order valence-electron chi connectivity index (χ4n) is 8.48. The number of imide groups is 1. The molecule has 5 aromatic carbocycles. The van der Waals surface area contributed by atoms with E-state index in [9.17, 15) is 13.2 Å². The van der Waals surface area contributed by atoms with E-state index in [1.807, 2.05) is 60.7 Å². The summed E-state index contributed by atoms with van der Waals surface area (Å²) in [4.78, 5) is 46.8. The van der Waals surface area contributed by atoms with Crippen molar-refractivity contribution in [3.05, 3.63) is 170 Å². The maximum Gasteiger partial charge on any atom is 0.417 e. The number of benzene rings is 5. The van der Waals surface area contributed by atoms with Gasteiger partial charge in [-0.2, -0.15) is 13.2 Å². The predicted octanol–water partition coefficient (Wildman–Crippen LogP) is 9.85. The number of Topliss-reactive ketones (excluding diaryl/α,β-unsaturated/α-hetero) is 1. The number of ketones is 1. The number of fused-ring (bicyclic) bond motifs is 5. The van der Waals surface area contributed by atoms with Gasteiger partial charge in [0.05, 0.1) is 38.9 Å². The molecule has 1 saturated carbocycles. The van der Waals surface area contributed by atoms with Crippen LogP contribution in [-0.2, 0) is 31.4 Å². The number of anilines is 1. The van der Waals surface area contributed by atoms with Crippen molar-refractivity contribution in [1.29, 1.82) is 0 Å². The van der Waals surface area contributed by atoms with Crippen molar-refractivity contribution < 1.29 is 27.6 Å². The van der Waals surface area contributed by atoms with Crippen molar-refractivity contribution in [1.82, 2.24) is 0 Å². The molecule has 1 heterocycles. The van der Waals surface area contributed by atoms with Crippen LogP contribution in [-0.4, -0.2) is 17.6 Å². The first-order valence-electron chi connectivity index (χ1n) is 15.6. The summed E-state index contributed by atoms with van der Waals surface area (Å²) >= 11 is 18.7. The van der Waals surface area contributed by atoms with E-state index in [0.717, 1.165) is 11.0 Å². The average molecular weight is 729 g/mol. The maximum absolute atomic E-state index is 15.9. The first kappa shape index (κ1) is 32.5. The molecule has 4 atom stereocenters. The quantitative estimate of drug-likeness (QED) is 0.169. The molecule has 5 aromatic rings. The van der Waals surface area contributed by atoms with Crippen molar-refractivity contribution in [2.24, 2.45) is 11.8 Å². The summed E-state index contributed by atoms with van der Waals surface area (Å²) in [7, 11) is 0. The van der Waals surface area contributed by atoms with Crippen LogP contribution in [0.1, 0.15) is 27.8 Å². The van der Waals surface area contributed by atoms with E-state index < -0.39 is 57.0 Å². The number of hydrogen-bond acceptors (Lipinski definition) is 3. The van der Waals surface area contributed by atoms with Crippen LogP contribution in [0.3, 0.4) is 0 Å². The highest BCUT2D eigenvalue weighted by atomic mass is 35.5. The molecule has 50 heavy (non-hydrogen) atoms. The standard InChI is InChI=1S/C40H23Cl3F3NO3/c41-26-15-11-24(12-16-26)38-31(22-7-3-1-4-8-22)32(23-9-5-2-6-10-23)39(37(38)50,25-13-17-27(42)18-14-25)34-33(38)35(48)47(36(34)49)28-19-20-30(43)29(21-28)40(44,45)46/h1-21,33-34H/t33-,34-,38-,39-/m1/s1. The lowest BCUT2D eigenvalue weighted by Gasteiger charge is -2.39. The molecule has 2 bridgehead atoms. The van der Waals surface area contributed by atoms with Gasteiger partial charge in [0.2, 0.25) is 11.8 Å². The van der Waals surface area contributed by atoms with Gasteiger partial charge in [-0.3, -0.25) is 14.4 Å². The Kier molecular flexibility index (Phi) is 7.43. The van der Waals surface area contributed by atoms with Crippen LogP contribution in [0.4, 0.5) is 18.9 Å². The topological polar surface area (TPSA) is 54.5 Å². The number of allylic oxidation sites excluding steroid dienone is 2. The van der Waals surface area contributed by atoms with Crippen molar-refractivity contribution in [3.63, 3.8) is 0 Å². The lowest BCUT2D eigenvalue weighted by Crippen LogP contribution is -2.45. The summed E-state index contributed by atoms with van der Waals surface area (Å²) in [6.45, 7) is 0. The first-order chi connectivity index (χ1) is 23.9. The molecule has 0 radical (unpaired) electrons. The molecule has 10 heteroatoms. The third-order valence-electron chi connectivity index (χ3n) is 10.2. The number of hydrogen-bond donors (Lipinski definition) is 0. The van der Waals surface area contributed by atoms with Gasteiger partial charge >= 0.3 is 6.18 Å². The zero-order valence-corrected chi connectivity index (χ0v) is 28.0. The molecule has 0 N–H and O–H groups in total. The Morgan fingerprint density at radius 2 is 0.980 bits per heavy atom. The van der Waals surface area contributed by atoms with Gasteiger partial charge in [0.15, 0.2) is 5.78 Å². The van der Waals surface area contributed by atoms with E-state index in [4.69, 9.17) is 34.8 Å². The Labute approximate surface area is 299 Å². The van der Waals surface area contributed by atoms with Gasteiger partial charge in [-0.25, -0.2) is 4.90 Å². The Balaban J connectivity index is 1.52. The molecule has 8 rings (SSSR count). The second-order valence-corrected chi connectivity index (χ2v) is 13.9. The van der Waals surface area contributed by atoms with Gasteiger partial charge in [-0.1, -0.05) is 120 Å². The van der Waals surface area contributed by atoms with E-state index in [1.165, 1.54) is 6.07 Å². The number of alkyl halides is 3. The smallest absolute Gasteiger partial charge is 0.297 e. The molecule has 4 nitrogen and oxygen atoms in total. The number of amides is 2. The summed E-state index contributed by atoms with van der Waals surface area (Å²) in [5.74, 6) is -4.67. The molecule has 0 unspecified atom stereocenters. The van der Waals surface area contributed by atoms with Crippen molar-refractivity contribution >= 4 is 69.2 Å². The minimum absolute atomic E-state index is 0.294. The van der Waals surface area contributed by atoms with Crippen LogP contribution in [0.25, 0.3) is 11.1 Å². The molecule has 0 aromatic heterocycles. The predicted molar refractivity (Wildman–Crippen MR) is 187 cm³/mol. The minimum Gasteiger partial charge on any atom is -0.297 e. The molecule has 1 aliphatic heterocycles. The zero-order valence-electron chi connectivity index (χ0n) is 25.7. The maximum atomic E-state index is 15.9. The van der Waals surface area contributed by atoms with Gasteiger partial charge in [0, 0.05) is 10.0 Å². The highest BCUT2D eigenvalue weighted by Gasteiger charge is 2.82. The van der Waals surface area contributed by atoms with Gasteiger partial charge in [0.1, 0.15) is 0 Å². The highest BCUT2D eigenvalue weighted by molar-refractivity contribution is 6.39. The van der Waals surface area contributed by atoms with Gasteiger partial charge in [0.25, 0.3) is 0 Å². The summed E-state index contributed by atoms with van der Waals surface area (Å²) in [5, 5.41) is 0.198. The van der Waals surface area contributed by atoms with E-state index >= 15 is 14.4 Å². The fourth-order valence-corrected chi connectivity index (χ4v) is 8.96. The normalized spacial score (nSPS) is 24.4. The molecule has 248 valence electrons. The number of rotatable bonds is 5. The molecule has 2 aliphatic carbocycles. The van der Waals surface area contributed by atoms with Crippen LogP contribution in [0.15, 0.2) is 127 Å². The Hall–Kier alpha value is -4.69. The summed E-state index contributed by atoms with van der Waals surface area (Å²) < 4.78 is 42.3. The van der Waals surface area contributed by atoms with E-state index in [1.54, 1.807) is 48.5 Å². The van der Waals surface area contributed by atoms with E-state index in [0.29, 0.717) is 49.5 Å². The average Bonchev–Trinajstić information content (AvgIpc) is 3.61. The SMILES string of the molecule is O=C1[C@H]2[C@H](C(=O)N1c1ccc(Cl)c(C(F)(F)F)c1)[C@]1(c3ccc(Cl)cc3)C(=O)[C@]2(c2ccc(Cl)cc2)C(c2ccccc2)=C1c1ccccc1. The summed E-state index contributed by atoms with van der Waals surface area (Å²) in [5.41, 5.74) is -1.80. The Bertz CT molecular complexity index is 2130. The number of carbonyl (C=O) groups is 3. The van der Waals surface area contributed by atoms with E-state index in [2.05, 4.69) is 0 Å². The molecule has 2 amide bonds. The number of nitrogens with zero attached hydrogens (tertiary/aromatic N) is 1. The second kappa shape index (κ2) is 11.4. The number of carbonyl (C=O) groups excluding carboxylic acids is 3. The molecule has 2 fully saturated rings. The van der Waals surface area contributed by atoms with Crippen molar-refractivity contribution in [3.8, 4) is 0 Å². The molecule has 0 spiro atoms. The summed E-state index contributed by atoms with van der Waals surface area (Å²) in [6.07, 6.45) is -4.86. The third kappa shape index (κ3) is 4.30. The Morgan fingerprint density at radius 1 is 0.560 bits per heavy atom.